The summed E-state index contributed by atoms with van der Waals surface area (Å²) in [6, 6.07) is 0. The van der Waals surface area contributed by atoms with Crippen molar-refractivity contribution in [2.75, 3.05) is 5.75 Å². The summed E-state index contributed by atoms with van der Waals surface area (Å²) in [6.45, 7) is 1.08. The van der Waals surface area contributed by atoms with Crippen LogP contribution in [0.4, 0.5) is 0 Å². The largest absolute Gasteiger partial charge is 0.250 e. The smallest absolute Gasteiger partial charge is 0.163 e. The number of nitrogens with zero attached hydrogens (tertiary/aromatic N) is 3. The first-order valence-electron chi connectivity index (χ1n) is 5.99. The minimum Gasteiger partial charge on any atom is -0.250 e. The van der Waals surface area contributed by atoms with Crippen molar-refractivity contribution < 1.29 is 0 Å². The van der Waals surface area contributed by atoms with Crippen molar-refractivity contribution in [3.8, 4) is 0 Å². The molecular formula is C11H17N3S. The van der Waals surface area contributed by atoms with Crippen LogP contribution < -0.4 is 0 Å². The lowest BCUT2D eigenvalue weighted by Gasteiger charge is -2.17. The van der Waals surface area contributed by atoms with Crippen LogP contribution in [-0.4, -0.2) is 20.5 Å². The van der Waals surface area contributed by atoms with Crippen LogP contribution >= 0.6 is 11.8 Å². The zero-order chi connectivity index (χ0) is 10.1. The molecule has 82 valence electrons. The van der Waals surface area contributed by atoms with E-state index < -0.39 is 0 Å². The first-order chi connectivity index (χ1) is 7.43. The first-order valence-corrected chi connectivity index (χ1v) is 7.03. The zero-order valence-corrected chi connectivity index (χ0v) is 9.80. The molecule has 4 heteroatoms. The molecule has 1 fully saturated rings. The SMILES string of the molecule is C1CCC(c2nc3n(n2)CCCC3)SC1. The van der Waals surface area contributed by atoms with Crippen LogP contribution in [0.2, 0.25) is 0 Å². The maximum absolute atomic E-state index is 4.71. The number of aromatic nitrogens is 3. The Balaban J connectivity index is 1.82. The fourth-order valence-electron chi connectivity index (χ4n) is 2.38. The van der Waals surface area contributed by atoms with Gasteiger partial charge in [-0.2, -0.15) is 16.9 Å². The molecule has 0 bridgehead atoms. The van der Waals surface area contributed by atoms with Gasteiger partial charge in [0.15, 0.2) is 5.82 Å². The molecule has 1 aromatic rings. The number of hydrogen-bond donors (Lipinski definition) is 0. The highest BCUT2D eigenvalue weighted by atomic mass is 32.2. The normalized spacial score (nSPS) is 26.3. The van der Waals surface area contributed by atoms with Crippen LogP contribution in [-0.2, 0) is 13.0 Å². The molecule has 1 atom stereocenters. The van der Waals surface area contributed by atoms with Gasteiger partial charge in [0.1, 0.15) is 5.82 Å². The van der Waals surface area contributed by atoms with Crippen molar-refractivity contribution in [1.29, 1.82) is 0 Å². The summed E-state index contributed by atoms with van der Waals surface area (Å²) in [6.07, 6.45) is 7.68. The maximum atomic E-state index is 4.71. The van der Waals surface area contributed by atoms with Crippen molar-refractivity contribution in [1.82, 2.24) is 14.8 Å². The van der Waals surface area contributed by atoms with Gasteiger partial charge >= 0.3 is 0 Å². The molecule has 1 unspecified atom stereocenters. The van der Waals surface area contributed by atoms with Crippen LogP contribution in [0.25, 0.3) is 0 Å². The van der Waals surface area contributed by atoms with E-state index in [-0.39, 0.29) is 0 Å². The zero-order valence-electron chi connectivity index (χ0n) is 8.98. The highest BCUT2D eigenvalue weighted by Gasteiger charge is 2.22. The van der Waals surface area contributed by atoms with E-state index in [9.17, 15) is 0 Å². The minimum absolute atomic E-state index is 0.580. The molecule has 3 rings (SSSR count). The van der Waals surface area contributed by atoms with Crippen molar-refractivity contribution >= 4 is 11.8 Å². The number of thioether (sulfide) groups is 1. The average molecular weight is 223 g/mol. The topological polar surface area (TPSA) is 30.7 Å². The number of rotatable bonds is 1. The van der Waals surface area contributed by atoms with Gasteiger partial charge in [0.05, 0.1) is 5.25 Å². The van der Waals surface area contributed by atoms with E-state index in [0.717, 1.165) is 18.8 Å². The standard InChI is InChI=1S/C11H17N3S/c1-3-7-14-10(6-1)12-11(13-14)9-5-2-4-8-15-9/h9H,1-8H2. The molecule has 0 radical (unpaired) electrons. The summed E-state index contributed by atoms with van der Waals surface area (Å²) < 4.78 is 2.13. The van der Waals surface area contributed by atoms with Gasteiger partial charge in [0, 0.05) is 13.0 Å². The van der Waals surface area contributed by atoms with E-state index in [0.29, 0.717) is 5.25 Å². The predicted octanol–water partition coefficient (Wildman–Crippen LogP) is 2.57. The molecule has 2 aliphatic heterocycles. The van der Waals surface area contributed by atoms with Gasteiger partial charge < -0.3 is 0 Å². The third-order valence-electron chi connectivity index (χ3n) is 3.25. The van der Waals surface area contributed by atoms with E-state index in [4.69, 9.17) is 4.98 Å². The lowest BCUT2D eigenvalue weighted by atomic mass is 10.2. The van der Waals surface area contributed by atoms with Crippen molar-refractivity contribution in [3.05, 3.63) is 11.6 Å². The van der Waals surface area contributed by atoms with Crippen molar-refractivity contribution in [2.45, 2.75) is 50.3 Å². The lowest BCUT2D eigenvalue weighted by molar-refractivity contribution is 0.477. The summed E-state index contributed by atoms with van der Waals surface area (Å²) in [7, 11) is 0. The van der Waals surface area contributed by atoms with E-state index in [1.54, 1.807) is 0 Å². The summed E-state index contributed by atoms with van der Waals surface area (Å²) >= 11 is 2.04. The van der Waals surface area contributed by atoms with Gasteiger partial charge in [-0.1, -0.05) is 6.42 Å². The van der Waals surface area contributed by atoms with E-state index in [2.05, 4.69) is 9.78 Å². The fraction of sp³-hybridized carbons (Fsp3) is 0.818. The number of aryl methyl sites for hydroxylation is 2. The Hall–Kier alpha value is -0.510. The molecule has 1 aromatic heterocycles. The first kappa shape index (κ1) is 9.70. The van der Waals surface area contributed by atoms with Crippen LogP contribution in [0.15, 0.2) is 0 Å². The Morgan fingerprint density at radius 1 is 1.20 bits per heavy atom. The van der Waals surface area contributed by atoms with E-state index >= 15 is 0 Å². The second-order valence-electron chi connectivity index (χ2n) is 4.42. The summed E-state index contributed by atoms with van der Waals surface area (Å²) in [5, 5.41) is 5.24. The summed E-state index contributed by atoms with van der Waals surface area (Å²) in [4.78, 5) is 4.71. The van der Waals surface area contributed by atoms with Crippen LogP contribution in [0.5, 0.6) is 0 Å². The van der Waals surface area contributed by atoms with Crippen LogP contribution in [0.1, 0.15) is 49.0 Å². The highest BCUT2D eigenvalue weighted by Crippen LogP contribution is 2.36. The van der Waals surface area contributed by atoms with Gasteiger partial charge in [0.2, 0.25) is 0 Å². The van der Waals surface area contributed by atoms with Crippen molar-refractivity contribution in [3.63, 3.8) is 0 Å². The molecule has 0 saturated carbocycles. The Kier molecular flexibility index (Phi) is 2.69. The monoisotopic (exact) mass is 223 g/mol. The summed E-state index contributed by atoms with van der Waals surface area (Å²) in [5.41, 5.74) is 0. The Labute approximate surface area is 94.7 Å². The Morgan fingerprint density at radius 2 is 2.20 bits per heavy atom. The van der Waals surface area contributed by atoms with Gasteiger partial charge in [0.25, 0.3) is 0 Å². The second-order valence-corrected chi connectivity index (χ2v) is 5.73. The molecule has 15 heavy (non-hydrogen) atoms. The third kappa shape index (κ3) is 1.92. The minimum atomic E-state index is 0.580. The predicted molar refractivity (Wildman–Crippen MR) is 62.0 cm³/mol. The molecule has 2 aliphatic rings. The van der Waals surface area contributed by atoms with Crippen molar-refractivity contribution in [2.24, 2.45) is 0 Å². The molecule has 1 saturated heterocycles. The van der Waals surface area contributed by atoms with Gasteiger partial charge in [-0.15, -0.1) is 0 Å². The molecule has 0 aliphatic carbocycles. The molecule has 0 amide bonds. The number of hydrogen-bond acceptors (Lipinski definition) is 3. The molecule has 3 nitrogen and oxygen atoms in total. The van der Waals surface area contributed by atoms with E-state index in [1.807, 2.05) is 11.8 Å². The van der Waals surface area contributed by atoms with E-state index in [1.165, 1.54) is 43.7 Å². The van der Waals surface area contributed by atoms with Crippen LogP contribution in [0, 0.1) is 0 Å². The van der Waals surface area contributed by atoms with Gasteiger partial charge in [-0.3, -0.25) is 0 Å². The average Bonchev–Trinajstić information content (AvgIpc) is 2.74. The number of fused-ring (bicyclic) bond motifs is 1. The molecular weight excluding hydrogens is 206 g/mol. The van der Waals surface area contributed by atoms with Gasteiger partial charge in [-0.25, -0.2) is 9.67 Å². The highest BCUT2D eigenvalue weighted by molar-refractivity contribution is 7.99. The molecule has 0 aromatic carbocycles. The van der Waals surface area contributed by atoms with Crippen LogP contribution in [0.3, 0.4) is 0 Å². The molecule has 3 heterocycles. The molecule has 0 spiro atoms. The third-order valence-corrected chi connectivity index (χ3v) is 4.63. The summed E-state index contributed by atoms with van der Waals surface area (Å²) in [5.74, 6) is 3.62. The molecule has 0 N–H and O–H groups in total. The Bertz CT molecular complexity index is 318. The second kappa shape index (κ2) is 4.16. The fourth-order valence-corrected chi connectivity index (χ4v) is 3.62. The quantitative estimate of drug-likeness (QED) is 0.733. The lowest BCUT2D eigenvalue weighted by Crippen LogP contribution is -2.11. The Morgan fingerprint density at radius 3 is 3.00 bits per heavy atom. The maximum Gasteiger partial charge on any atom is 0.163 e. The van der Waals surface area contributed by atoms with Gasteiger partial charge in [-0.05, 0) is 31.4 Å².